The van der Waals surface area contributed by atoms with Crippen LogP contribution in [0.5, 0.6) is 5.75 Å². The molecule has 0 radical (unpaired) electrons. The summed E-state index contributed by atoms with van der Waals surface area (Å²) in [6, 6.07) is 16.8. The number of carbonyl (C=O) groups is 1. The average molecular weight is 284 g/mol. The maximum absolute atomic E-state index is 11.7. The molecule has 0 saturated heterocycles. The molecule has 0 aliphatic heterocycles. The van der Waals surface area contributed by atoms with Crippen molar-refractivity contribution in [2.75, 3.05) is 5.32 Å². The van der Waals surface area contributed by atoms with Crippen LogP contribution in [0.25, 0.3) is 0 Å². The molecular weight excluding hydrogens is 264 g/mol. The van der Waals surface area contributed by atoms with Crippen LogP contribution < -0.4 is 15.8 Å². The highest BCUT2D eigenvalue weighted by Crippen LogP contribution is 2.17. The maximum atomic E-state index is 11.7. The van der Waals surface area contributed by atoms with Crippen LogP contribution in [0.4, 0.5) is 5.69 Å². The molecule has 0 saturated carbocycles. The van der Waals surface area contributed by atoms with Crippen molar-refractivity contribution >= 4 is 11.6 Å². The molecule has 1 amide bonds. The lowest BCUT2D eigenvalue weighted by atomic mass is 10.2. The lowest BCUT2D eigenvalue weighted by Gasteiger charge is -2.11. The molecule has 0 aliphatic rings. The van der Waals surface area contributed by atoms with E-state index in [4.69, 9.17) is 10.5 Å². The first-order valence-electron chi connectivity index (χ1n) is 7.02. The fourth-order valence-electron chi connectivity index (χ4n) is 1.80. The largest absolute Gasteiger partial charge is 0.489 e. The van der Waals surface area contributed by atoms with E-state index in [1.165, 1.54) is 0 Å². The van der Waals surface area contributed by atoms with Crippen molar-refractivity contribution < 1.29 is 9.53 Å². The van der Waals surface area contributed by atoms with Crippen LogP contribution in [0.2, 0.25) is 0 Å². The van der Waals surface area contributed by atoms with Gasteiger partial charge in [0.05, 0.1) is 6.04 Å². The van der Waals surface area contributed by atoms with Gasteiger partial charge in [0.15, 0.2) is 0 Å². The molecule has 0 bridgehead atoms. The molecule has 3 N–H and O–H groups in total. The number of benzene rings is 2. The zero-order chi connectivity index (χ0) is 15.1. The van der Waals surface area contributed by atoms with E-state index in [9.17, 15) is 4.79 Å². The molecule has 4 nitrogen and oxygen atoms in total. The van der Waals surface area contributed by atoms with Crippen LogP contribution in [0, 0.1) is 0 Å². The minimum absolute atomic E-state index is 0.171. The SMILES string of the molecule is CC[C@H](N)C(=O)Nc1ccc(OCc2ccccc2)cc1. The first-order valence-corrected chi connectivity index (χ1v) is 7.02. The van der Waals surface area contributed by atoms with E-state index in [0.29, 0.717) is 13.0 Å². The van der Waals surface area contributed by atoms with Gasteiger partial charge in [-0.25, -0.2) is 0 Å². The van der Waals surface area contributed by atoms with Crippen molar-refractivity contribution in [3.8, 4) is 5.75 Å². The van der Waals surface area contributed by atoms with Crippen LogP contribution in [-0.4, -0.2) is 11.9 Å². The topological polar surface area (TPSA) is 64.4 Å². The Labute approximate surface area is 124 Å². The fraction of sp³-hybridized carbons (Fsp3) is 0.235. The van der Waals surface area contributed by atoms with Crippen molar-refractivity contribution in [1.29, 1.82) is 0 Å². The number of nitrogens with one attached hydrogen (secondary N) is 1. The van der Waals surface area contributed by atoms with Gasteiger partial charge in [0.25, 0.3) is 0 Å². The second-order valence-electron chi connectivity index (χ2n) is 4.80. The van der Waals surface area contributed by atoms with Crippen LogP contribution in [0.1, 0.15) is 18.9 Å². The summed E-state index contributed by atoms with van der Waals surface area (Å²) in [5.74, 6) is 0.590. The van der Waals surface area contributed by atoms with E-state index in [0.717, 1.165) is 17.0 Å². The van der Waals surface area contributed by atoms with E-state index in [1.807, 2.05) is 49.4 Å². The minimum Gasteiger partial charge on any atom is -0.489 e. The van der Waals surface area contributed by atoms with Crippen LogP contribution in [0.3, 0.4) is 0 Å². The predicted molar refractivity (Wildman–Crippen MR) is 84.1 cm³/mol. The molecule has 0 aliphatic carbocycles. The third-order valence-electron chi connectivity index (χ3n) is 3.15. The third kappa shape index (κ3) is 4.61. The van der Waals surface area contributed by atoms with Gasteiger partial charge in [-0.15, -0.1) is 0 Å². The molecule has 0 aromatic heterocycles. The van der Waals surface area contributed by atoms with Gasteiger partial charge in [-0.2, -0.15) is 0 Å². The molecule has 0 spiro atoms. The zero-order valence-corrected chi connectivity index (χ0v) is 12.1. The molecule has 2 aromatic carbocycles. The number of hydrogen-bond donors (Lipinski definition) is 2. The Kier molecular flexibility index (Phi) is 5.35. The highest BCUT2D eigenvalue weighted by atomic mass is 16.5. The summed E-state index contributed by atoms with van der Waals surface area (Å²) in [6.45, 7) is 2.40. The van der Waals surface area contributed by atoms with Crippen LogP contribution in [-0.2, 0) is 11.4 Å². The average Bonchev–Trinajstić information content (AvgIpc) is 2.54. The van der Waals surface area contributed by atoms with E-state index in [1.54, 1.807) is 12.1 Å². The zero-order valence-electron chi connectivity index (χ0n) is 12.1. The first kappa shape index (κ1) is 15.1. The van der Waals surface area contributed by atoms with Gasteiger partial charge < -0.3 is 15.8 Å². The fourth-order valence-corrected chi connectivity index (χ4v) is 1.80. The van der Waals surface area contributed by atoms with E-state index in [2.05, 4.69) is 5.32 Å². The summed E-state index contributed by atoms with van der Waals surface area (Å²) in [7, 11) is 0. The Morgan fingerprint density at radius 2 is 1.81 bits per heavy atom. The minimum atomic E-state index is -0.473. The molecule has 0 fully saturated rings. The summed E-state index contributed by atoms with van der Waals surface area (Å²) in [5.41, 5.74) is 7.50. The summed E-state index contributed by atoms with van der Waals surface area (Å²) in [4.78, 5) is 11.7. The molecule has 110 valence electrons. The predicted octanol–water partition coefficient (Wildman–Crippen LogP) is 2.94. The number of ether oxygens (including phenoxy) is 1. The number of nitrogens with two attached hydrogens (primary N) is 1. The van der Waals surface area contributed by atoms with E-state index >= 15 is 0 Å². The van der Waals surface area contributed by atoms with Gasteiger partial charge in [-0.1, -0.05) is 37.3 Å². The Balaban J connectivity index is 1.88. The van der Waals surface area contributed by atoms with Gasteiger partial charge in [-0.05, 0) is 36.2 Å². The molecule has 1 atom stereocenters. The summed E-state index contributed by atoms with van der Waals surface area (Å²) < 4.78 is 5.68. The quantitative estimate of drug-likeness (QED) is 0.857. The number of anilines is 1. The third-order valence-corrected chi connectivity index (χ3v) is 3.15. The Morgan fingerprint density at radius 3 is 2.43 bits per heavy atom. The van der Waals surface area contributed by atoms with E-state index in [-0.39, 0.29) is 5.91 Å². The second kappa shape index (κ2) is 7.45. The molecule has 0 unspecified atom stereocenters. The highest BCUT2D eigenvalue weighted by Gasteiger charge is 2.10. The Hall–Kier alpha value is -2.33. The van der Waals surface area contributed by atoms with Crippen molar-refractivity contribution in [3.05, 3.63) is 60.2 Å². The van der Waals surface area contributed by atoms with Gasteiger partial charge in [0.1, 0.15) is 12.4 Å². The Bertz CT molecular complexity index is 567. The normalized spacial score (nSPS) is 11.7. The van der Waals surface area contributed by atoms with Gasteiger partial charge >= 0.3 is 0 Å². The van der Waals surface area contributed by atoms with Crippen molar-refractivity contribution in [2.45, 2.75) is 26.0 Å². The molecule has 2 aromatic rings. The molecule has 4 heteroatoms. The molecule has 0 heterocycles. The monoisotopic (exact) mass is 284 g/mol. The second-order valence-corrected chi connectivity index (χ2v) is 4.80. The lowest BCUT2D eigenvalue weighted by molar-refractivity contribution is -0.117. The Morgan fingerprint density at radius 1 is 1.14 bits per heavy atom. The van der Waals surface area contributed by atoms with Gasteiger partial charge in [0.2, 0.25) is 5.91 Å². The van der Waals surface area contributed by atoms with Crippen molar-refractivity contribution in [1.82, 2.24) is 0 Å². The summed E-state index contributed by atoms with van der Waals surface area (Å²) >= 11 is 0. The lowest BCUT2D eigenvalue weighted by Crippen LogP contribution is -2.34. The van der Waals surface area contributed by atoms with Crippen molar-refractivity contribution in [2.24, 2.45) is 5.73 Å². The standard InChI is InChI=1S/C17H20N2O2/c1-2-16(18)17(20)19-14-8-10-15(11-9-14)21-12-13-6-4-3-5-7-13/h3-11,16H,2,12,18H2,1H3,(H,19,20)/t16-/m0/s1. The highest BCUT2D eigenvalue weighted by molar-refractivity contribution is 5.94. The van der Waals surface area contributed by atoms with E-state index < -0.39 is 6.04 Å². The number of amides is 1. The smallest absolute Gasteiger partial charge is 0.241 e. The molecule has 2 rings (SSSR count). The summed E-state index contributed by atoms with van der Waals surface area (Å²) in [5, 5.41) is 2.77. The number of carbonyl (C=O) groups excluding carboxylic acids is 1. The van der Waals surface area contributed by atoms with Crippen LogP contribution in [0.15, 0.2) is 54.6 Å². The molecular formula is C17H20N2O2. The van der Waals surface area contributed by atoms with Crippen molar-refractivity contribution in [3.63, 3.8) is 0 Å². The maximum Gasteiger partial charge on any atom is 0.241 e. The number of hydrogen-bond acceptors (Lipinski definition) is 3. The summed E-state index contributed by atoms with van der Waals surface area (Å²) in [6.07, 6.45) is 0.615. The number of rotatable bonds is 6. The van der Waals surface area contributed by atoms with Gasteiger partial charge in [-0.3, -0.25) is 4.79 Å². The molecule has 21 heavy (non-hydrogen) atoms. The first-order chi connectivity index (χ1) is 10.2. The van der Waals surface area contributed by atoms with Crippen LogP contribution >= 0.6 is 0 Å². The van der Waals surface area contributed by atoms with Gasteiger partial charge in [0, 0.05) is 5.69 Å².